The van der Waals surface area contributed by atoms with Crippen molar-refractivity contribution in [3.8, 4) is 0 Å². The highest BCUT2D eigenvalue weighted by Crippen LogP contribution is 2.44. The van der Waals surface area contributed by atoms with Gasteiger partial charge in [-0.15, -0.1) is 0 Å². The van der Waals surface area contributed by atoms with Crippen LogP contribution in [-0.4, -0.2) is 45.9 Å². The second-order valence-electron chi connectivity index (χ2n) is 9.71. The van der Waals surface area contributed by atoms with E-state index in [9.17, 15) is 9.90 Å². The Kier molecular flexibility index (Phi) is 5.27. The van der Waals surface area contributed by atoms with Gasteiger partial charge in [0, 0.05) is 13.1 Å². The summed E-state index contributed by atoms with van der Waals surface area (Å²) in [5.74, 6) is 0. The number of hydrogen-bond donors (Lipinski definition) is 2. The fourth-order valence-electron chi connectivity index (χ4n) is 4.10. The van der Waals surface area contributed by atoms with Crippen molar-refractivity contribution in [1.29, 1.82) is 0 Å². The monoisotopic (exact) mass is 340 g/mol. The van der Waals surface area contributed by atoms with Crippen molar-refractivity contribution in [1.82, 2.24) is 4.90 Å². The highest BCUT2D eigenvalue weighted by Gasteiger charge is 2.51. The van der Waals surface area contributed by atoms with E-state index in [0.29, 0.717) is 19.5 Å². The Hall–Kier alpha value is -0.810. The Morgan fingerprint density at radius 3 is 2.38 bits per heavy atom. The van der Waals surface area contributed by atoms with E-state index in [1.807, 2.05) is 20.8 Å². The van der Waals surface area contributed by atoms with Gasteiger partial charge in [0.2, 0.25) is 0 Å². The minimum absolute atomic E-state index is 0.250. The van der Waals surface area contributed by atoms with Crippen molar-refractivity contribution >= 4 is 6.09 Å². The van der Waals surface area contributed by atoms with E-state index < -0.39 is 16.7 Å². The fraction of sp³-hybridized carbons (Fsp3) is 0.947. The molecule has 1 saturated heterocycles. The third-order valence-corrected chi connectivity index (χ3v) is 5.76. The van der Waals surface area contributed by atoms with Gasteiger partial charge >= 0.3 is 6.09 Å². The molecule has 0 aromatic heterocycles. The molecule has 2 unspecified atom stereocenters. The van der Waals surface area contributed by atoms with Crippen LogP contribution in [-0.2, 0) is 4.74 Å². The van der Waals surface area contributed by atoms with Crippen LogP contribution in [0.3, 0.4) is 0 Å². The maximum Gasteiger partial charge on any atom is 0.410 e. The zero-order valence-corrected chi connectivity index (χ0v) is 16.2. The van der Waals surface area contributed by atoms with Crippen molar-refractivity contribution in [3.63, 3.8) is 0 Å². The quantitative estimate of drug-likeness (QED) is 0.717. The number of amides is 1. The summed E-state index contributed by atoms with van der Waals surface area (Å²) < 4.78 is 5.50. The van der Waals surface area contributed by atoms with Crippen molar-refractivity contribution in [2.24, 2.45) is 11.1 Å². The molecule has 5 heteroatoms. The van der Waals surface area contributed by atoms with E-state index in [-0.39, 0.29) is 11.5 Å². The van der Waals surface area contributed by atoms with Crippen LogP contribution in [0.25, 0.3) is 0 Å². The lowest BCUT2D eigenvalue weighted by Crippen LogP contribution is -2.68. The molecule has 2 fully saturated rings. The van der Waals surface area contributed by atoms with Gasteiger partial charge in [0.25, 0.3) is 0 Å². The molecule has 1 heterocycles. The Balaban J connectivity index is 2.12. The molecule has 1 aliphatic heterocycles. The molecule has 2 rings (SSSR count). The SMILES string of the molecule is CC1(C)CCCC(O)(C2(N)CCCN(C(=O)OC(C)(C)C)C2)CC1. The van der Waals surface area contributed by atoms with E-state index in [0.717, 1.165) is 38.5 Å². The number of carbonyl (C=O) groups is 1. The molecule has 5 nitrogen and oxygen atoms in total. The number of nitrogens with two attached hydrogens (primary N) is 1. The lowest BCUT2D eigenvalue weighted by atomic mass is 9.70. The molecule has 1 aliphatic carbocycles. The molecule has 140 valence electrons. The molecule has 1 amide bonds. The minimum atomic E-state index is -0.901. The molecule has 2 aliphatic rings. The summed E-state index contributed by atoms with van der Waals surface area (Å²) in [6.07, 6.45) is 5.72. The highest BCUT2D eigenvalue weighted by atomic mass is 16.6. The number of rotatable bonds is 1. The summed E-state index contributed by atoms with van der Waals surface area (Å²) in [5.41, 5.74) is 4.80. The zero-order chi connectivity index (χ0) is 18.2. The molecule has 3 N–H and O–H groups in total. The lowest BCUT2D eigenvalue weighted by Gasteiger charge is -2.50. The first kappa shape index (κ1) is 19.5. The van der Waals surface area contributed by atoms with Gasteiger partial charge in [-0.05, 0) is 71.1 Å². The summed E-state index contributed by atoms with van der Waals surface area (Å²) in [5, 5.41) is 11.4. The molecule has 24 heavy (non-hydrogen) atoms. The smallest absolute Gasteiger partial charge is 0.410 e. The second-order valence-corrected chi connectivity index (χ2v) is 9.71. The average molecular weight is 341 g/mol. The second kappa shape index (κ2) is 6.49. The van der Waals surface area contributed by atoms with E-state index in [1.54, 1.807) is 4.90 Å². The van der Waals surface area contributed by atoms with Gasteiger partial charge in [-0.2, -0.15) is 0 Å². The number of carbonyl (C=O) groups excluding carboxylic acids is 1. The fourth-order valence-corrected chi connectivity index (χ4v) is 4.10. The molecule has 0 aromatic rings. The van der Waals surface area contributed by atoms with E-state index in [2.05, 4.69) is 13.8 Å². The number of piperidine rings is 1. The van der Waals surface area contributed by atoms with Gasteiger partial charge in [0.1, 0.15) is 5.60 Å². The van der Waals surface area contributed by atoms with Crippen LogP contribution in [0.2, 0.25) is 0 Å². The normalized spacial score (nSPS) is 34.5. The molecule has 2 atom stereocenters. The number of aliphatic hydroxyl groups is 1. The van der Waals surface area contributed by atoms with E-state index >= 15 is 0 Å². The van der Waals surface area contributed by atoms with Gasteiger partial charge < -0.3 is 20.5 Å². The molecule has 0 spiro atoms. The van der Waals surface area contributed by atoms with Crippen LogP contribution < -0.4 is 5.73 Å². The molecular weight excluding hydrogens is 304 g/mol. The Morgan fingerprint density at radius 1 is 1.08 bits per heavy atom. The highest BCUT2D eigenvalue weighted by molar-refractivity contribution is 5.68. The number of nitrogens with zero attached hydrogens (tertiary/aromatic N) is 1. The van der Waals surface area contributed by atoms with Crippen molar-refractivity contribution in [3.05, 3.63) is 0 Å². The van der Waals surface area contributed by atoms with Crippen molar-refractivity contribution in [2.75, 3.05) is 13.1 Å². The summed E-state index contributed by atoms with van der Waals surface area (Å²) >= 11 is 0. The van der Waals surface area contributed by atoms with E-state index in [1.165, 1.54) is 0 Å². The zero-order valence-electron chi connectivity index (χ0n) is 16.2. The summed E-state index contributed by atoms with van der Waals surface area (Å²) in [6, 6.07) is 0. The molecule has 0 aromatic carbocycles. The Labute approximate surface area is 146 Å². The van der Waals surface area contributed by atoms with Crippen LogP contribution in [0.1, 0.15) is 79.6 Å². The standard InChI is InChI=1S/C19H36N2O3/c1-16(2,3)24-15(22)21-13-7-9-18(20,14-21)19(23)10-6-8-17(4,5)11-12-19/h23H,6-14,20H2,1-5H3. The van der Waals surface area contributed by atoms with Crippen LogP contribution in [0.4, 0.5) is 4.79 Å². The average Bonchev–Trinajstić information content (AvgIpc) is 2.57. The van der Waals surface area contributed by atoms with Crippen LogP contribution in [0.5, 0.6) is 0 Å². The van der Waals surface area contributed by atoms with Crippen LogP contribution in [0.15, 0.2) is 0 Å². The first-order chi connectivity index (χ1) is 10.9. The Morgan fingerprint density at radius 2 is 1.75 bits per heavy atom. The molecule has 0 radical (unpaired) electrons. The number of ether oxygens (including phenoxy) is 1. The van der Waals surface area contributed by atoms with Gasteiger partial charge in [-0.3, -0.25) is 0 Å². The van der Waals surface area contributed by atoms with Gasteiger partial charge in [0.15, 0.2) is 0 Å². The third kappa shape index (κ3) is 4.42. The number of hydrogen-bond acceptors (Lipinski definition) is 4. The van der Waals surface area contributed by atoms with E-state index in [4.69, 9.17) is 10.5 Å². The molecular formula is C19H36N2O3. The topological polar surface area (TPSA) is 75.8 Å². The van der Waals surface area contributed by atoms with Crippen LogP contribution in [0, 0.1) is 5.41 Å². The minimum Gasteiger partial charge on any atom is -0.444 e. The lowest BCUT2D eigenvalue weighted by molar-refractivity contribution is -0.0786. The van der Waals surface area contributed by atoms with Gasteiger partial charge in [-0.1, -0.05) is 13.8 Å². The van der Waals surface area contributed by atoms with Gasteiger partial charge in [-0.25, -0.2) is 4.79 Å². The summed E-state index contributed by atoms with van der Waals surface area (Å²) in [7, 11) is 0. The summed E-state index contributed by atoms with van der Waals surface area (Å²) in [6.45, 7) is 11.1. The molecule has 1 saturated carbocycles. The Bertz CT molecular complexity index is 472. The first-order valence-corrected chi connectivity index (χ1v) is 9.35. The summed E-state index contributed by atoms with van der Waals surface area (Å²) in [4.78, 5) is 14.1. The predicted octanol–water partition coefficient (Wildman–Crippen LogP) is 3.44. The maximum absolute atomic E-state index is 12.4. The van der Waals surface area contributed by atoms with Crippen molar-refractivity contribution in [2.45, 2.75) is 96.3 Å². The maximum atomic E-state index is 12.4. The third-order valence-electron chi connectivity index (χ3n) is 5.76. The van der Waals surface area contributed by atoms with Crippen molar-refractivity contribution < 1.29 is 14.6 Å². The van der Waals surface area contributed by atoms with Gasteiger partial charge in [0.05, 0.1) is 11.1 Å². The van der Waals surface area contributed by atoms with Crippen LogP contribution >= 0.6 is 0 Å². The molecule has 0 bridgehead atoms. The number of likely N-dealkylation sites (tertiary alicyclic amines) is 1. The largest absolute Gasteiger partial charge is 0.444 e. The first-order valence-electron chi connectivity index (χ1n) is 9.35. The predicted molar refractivity (Wildman–Crippen MR) is 95.8 cm³/mol.